The minimum atomic E-state index is -0.518. The molecule has 2 aromatic carbocycles. The number of methoxy groups -OCH3 is 2. The number of anilines is 2. The SMILES string of the molecule is COc1cc(C2C(C(=O)Nc3ccc(C)cc3C)=C(C)Nc3ncnn32)cc(Br)c1OC. The molecule has 0 spiro atoms. The van der Waals surface area contributed by atoms with Crippen molar-refractivity contribution in [3.63, 3.8) is 0 Å². The quantitative estimate of drug-likeness (QED) is 0.535. The van der Waals surface area contributed by atoms with Gasteiger partial charge in [-0.2, -0.15) is 10.1 Å². The van der Waals surface area contributed by atoms with E-state index in [1.54, 1.807) is 18.9 Å². The molecule has 1 aliphatic rings. The van der Waals surface area contributed by atoms with Gasteiger partial charge in [-0.3, -0.25) is 4.79 Å². The number of ether oxygens (including phenoxy) is 2. The fourth-order valence-electron chi connectivity index (χ4n) is 3.93. The predicted octanol–water partition coefficient (Wildman–Crippen LogP) is 4.60. The first-order chi connectivity index (χ1) is 15.3. The highest BCUT2D eigenvalue weighted by molar-refractivity contribution is 9.10. The minimum Gasteiger partial charge on any atom is -0.493 e. The van der Waals surface area contributed by atoms with Gasteiger partial charge in [0.2, 0.25) is 5.95 Å². The number of nitrogens with zero attached hydrogens (tertiary/aromatic N) is 3. The molecule has 0 saturated heterocycles. The van der Waals surface area contributed by atoms with E-state index in [0.29, 0.717) is 33.2 Å². The predicted molar refractivity (Wildman–Crippen MR) is 126 cm³/mol. The smallest absolute Gasteiger partial charge is 0.255 e. The largest absolute Gasteiger partial charge is 0.493 e. The molecule has 0 radical (unpaired) electrons. The summed E-state index contributed by atoms with van der Waals surface area (Å²) in [5, 5.41) is 10.6. The van der Waals surface area contributed by atoms with E-state index in [4.69, 9.17) is 9.47 Å². The summed E-state index contributed by atoms with van der Waals surface area (Å²) >= 11 is 3.56. The fraction of sp³-hybridized carbons (Fsp3) is 0.261. The van der Waals surface area contributed by atoms with E-state index >= 15 is 0 Å². The summed E-state index contributed by atoms with van der Waals surface area (Å²) in [6, 6.07) is 9.16. The van der Waals surface area contributed by atoms with Gasteiger partial charge < -0.3 is 20.1 Å². The molecule has 0 bridgehead atoms. The van der Waals surface area contributed by atoms with E-state index in [-0.39, 0.29) is 5.91 Å². The van der Waals surface area contributed by atoms with Crippen LogP contribution in [0.4, 0.5) is 11.6 Å². The normalized spacial score (nSPS) is 15.1. The maximum atomic E-state index is 13.6. The summed E-state index contributed by atoms with van der Waals surface area (Å²) < 4.78 is 13.4. The van der Waals surface area contributed by atoms with Crippen molar-refractivity contribution in [2.45, 2.75) is 26.8 Å². The van der Waals surface area contributed by atoms with Gasteiger partial charge in [0.15, 0.2) is 11.5 Å². The van der Waals surface area contributed by atoms with Gasteiger partial charge in [-0.15, -0.1) is 0 Å². The van der Waals surface area contributed by atoms with E-state index in [1.165, 1.54) is 6.33 Å². The van der Waals surface area contributed by atoms with Gasteiger partial charge in [0.05, 0.1) is 24.3 Å². The van der Waals surface area contributed by atoms with Crippen LogP contribution in [0.1, 0.15) is 29.7 Å². The average Bonchev–Trinajstić information content (AvgIpc) is 3.21. The fourth-order valence-corrected chi connectivity index (χ4v) is 4.55. The lowest BCUT2D eigenvalue weighted by molar-refractivity contribution is -0.113. The summed E-state index contributed by atoms with van der Waals surface area (Å²) in [4.78, 5) is 17.8. The van der Waals surface area contributed by atoms with Gasteiger partial charge in [-0.1, -0.05) is 17.7 Å². The maximum absolute atomic E-state index is 13.6. The van der Waals surface area contributed by atoms with Crippen molar-refractivity contribution < 1.29 is 14.3 Å². The van der Waals surface area contributed by atoms with Crippen molar-refractivity contribution in [3.8, 4) is 11.5 Å². The monoisotopic (exact) mass is 497 g/mol. The van der Waals surface area contributed by atoms with Crippen LogP contribution in [0.2, 0.25) is 0 Å². The Labute approximate surface area is 194 Å². The lowest BCUT2D eigenvalue weighted by Gasteiger charge is -2.29. The Kier molecular flexibility index (Phi) is 5.92. The number of benzene rings is 2. The lowest BCUT2D eigenvalue weighted by Crippen LogP contribution is -2.31. The Morgan fingerprint density at radius 3 is 2.62 bits per heavy atom. The molecule has 1 atom stereocenters. The standard InChI is InChI=1S/C23H24BrN5O3/c1-12-6-7-17(13(2)8-12)28-22(30)19-14(3)27-23-25-11-26-29(23)20(19)15-9-16(24)21(32-5)18(10-15)31-4/h6-11,20H,1-5H3,(H,28,30)(H,25,26,27). The van der Waals surface area contributed by atoms with Gasteiger partial charge in [-0.05, 0) is 66.0 Å². The Hall–Kier alpha value is -3.33. The highest BCUT2D eigenvalue weighted by Crippen LogP contribution is 2.42. The van der Waals surface area contributed by atoms with E-state index in [2.05, 4.69) is 36.6 Å². The van der Waals surface area contributed by atoms with E-state index in [0.717, 1.165) is 22.4 Å². The minimum absolute atomic E-state index is 0.223. The molecule has 0 saturated carbocycles. The van der Waals surface area contributed by atoms with Gasteiger partial charge >= 0.3 is 0 Å². The number of carbonyl (C=O) groups is 1. The Balaban J connectivity index is 1.82. The Morgan fingerprint density at radius 1 is 1.16 bits per heavy atom. The first-order valence-electron chi connectivity index (χ1n) is 10.0. The maximum Gasteiger partial charge on any atom is 0.255 e. The zero-order valence-electron chi connectivity index (χ0n) is 18.5. The van der Waals surface area contributed by atoms with Crippen LogP contribution in [0.25, 0.3) is 0 Å². The molecule has 4 rings (SSSR count). The van der Waals surface area contributed by atoms with E-state index in [1.807, 2.05) is 51.1 Å². The zero-order chi connectivity index (χ0) is 23.0. The number of amides is 1. The summed E-state index contributed by atoms with van der Waals surface area (Å²) in [6.07, 6.45) is 1.46. The lowest BCUT2D eigenvalue weighted by atomic mass is 9.94. The van der Waals surface area contributed by atoms with Crippen LogP contribution >= 0.6 is 15.9 Å². The van der Waals surface area contributed by atoms with Crippen molar-refractivity contribution >= 4 is 33.5 Å². The third kappa shape index (κ3) is 3.84. The summed E-state index contributed by atoms with van der Waals surface area (Å²) in [5.74, 6) is 1.45. The third-order valence-electron chi connectivity index (χ3n) is 5.44. The van der Waals surface area contributed by atoms with Crippen LogP contribution in [0.15, 0.2) is 52.4 Å². The molecular formula is C23H24BrN5O3. The molecule has 3 aromatic rings. The number of fused-ring (bicyclic) bond motifs is 1. The summed E-state index contributed by atoms with van der Waals surface area (Å²) in [7, 11) is 3.15. The molecule has 9 heteroatoms. The molecule has 0 fully saturated rings. The highest BCUT2D eigenvalue weighted by atomic mass is 79.9. The molecule has 1 unspecified atom stereocenters. The first kappa shape index (κ1) is 21.9. The van der Waals surface area contributed by atoms with Gasteiger partial charge in [0.25, 0.3) is 5.91 Å². The second kappa shape index (κ2) is 8.66. The number of rotatable bonds is 5. The Morgan fingerprint density at radius 2 is 1.94 bits per heavy atom. The van der Waals surface area contributed by atoms with Crippen molar-refractivity contribution in [1.82, 2.24) is 14.8 Å². The molecule has 2 heterocycles. The first-order valence-corrected chi connectivity index (χ1v) is 10.8. The molecule has 1 aromatic heterocycles. The second-order valence-corrected chi connectivity index (χ2v) is 8.46. The number of halogens is 1. The molecule has 166 valence electrons. The van der Waals surface area contributed by atoms with Crippen LogP contribution < -0.4 is 20.1 Å². The Bertz CT molecular complexity index is 1230. The summed E-state index contributed by atoms with van der Waals surface area (Å²) in [6.45, 7) is 5.85. The number of allylic oxidation sites excluding steroid dienone is 1. The third-order valence-corrected chi connectivity index (χ3v) is 6.03. The number of hydrogen-bond acceptors (Lipinski definition) is 6. The van der Waals surface area contributed by atoms with Crippen molar-refractivity contribution in [2.24, 2.45) is 0 Å². The number of nitrogens with one attached hydrogen (secondary N) is 2. The molecule has 32 heavy (non-hydrogen) atoms. The number of carbonyl (C=O) groups excluding carboxylic acids is 1. The zero-order valence-corrected chi connectivity index (χ0v) is 20.1. The molecular weight excluding hydrogens is 474 g/mol. The number of aryl methyl sites for hydroxylation is 2. The molecule has 1 aliphatic heterocycles. The second-order valence-electron chi connectivity index (χ2n) is 7.61. The molecule has 0 aliphatic carbocycles. The molecule has 2 N–H and O–H groups in total. The molecule has 1 amide bonds. The van der Waals surface area contributed by atoms with Crippen LogP contribution in [-0.2, 0) is 4.79 Å². The average molecular weight is 498 g/mol. The van der Waals surface area contributed by atoms with Crippen molar-refractivity contribution in [2.75, 3.05) is 24.9 Å². The van der Waals surface area contributed by atoms with Crippen LogP contribution in [-0.4, -0.2) is 34.9 Å². The highest BCUT2D eigenvalue weighted by Gasteiger charge is 2.34. The van der Waals surface area contributed by atoms with Crippen LogP contribution in [0.5, 0.6) is 11.5 Å². The van der Waals surface area contributed by atoms with Crippen molar-refractivity contribution in [3.05, 3.63) is 69.1 Å². The van der Waals surface area contributed by atoms with Gasteiger partial charge in [-0.25, -0.2) is 4.68 Å². The van der Waals surface area contributed by atoms with Crippen molar-refractivity contribution in [1.29, 1.82) is 0 Å². The van der Waals surface area contributed by atoms with E-state index in [9.17, 15) is 4.79 Å². The van der Waals surface area contributed by atoms with Gasteiger partial charge in [0, 0.05) is 11.4 Å². The van der Waals surface area contributed by atoms with E-state index < -0.39 is 6.04 Å². The van der Waals surface area contributed by atoms with Crippen LogP contribution in [0, 0.1) is 13.8 Å². The topological polar surface area (TPSA) is 90.3 Å². The molecule has 8 nitrogen and oxygen atoms in total. The summed E-state index contributed by atoms with van der Waals surface area (Å²) in [5.41, 5.74) is 4.92. The number of hydrogen-bond donors (Lipinski definition) is 2. The van der Waals surface area contributed by atoms with Gasteiger partial charge in [0.1, 0.15) is 12.4 Å². The number of aromatic nitrogens is 3. The van der Waals surface area contributed by atoms with Crippen LogP contribution in [0.3, 0.4) is 0 Å².